The van der Waals surface area contributed by atoms with Gasteiger partial charge in [-0.05, 0) is 37.3 Å². The second-order valence-corrected chi connectivity index (χ2v) is 5.83. The van der Waals surface area contributed by atoms with Crippen molar-refractivity contribution in [3.63, 3.8) is 0 Å². The maximum Gasteiger partial charge on any atom is 0.306 e. The summed E-state index contributed by atoms with van der Waals surface area (Å²) in [5.41, 5.74) is 1.90. The van der Waals surface area contributed by atoms with Crippen molar-refractivity contribution in [2.75, 3.05) is 32.2 Å². The molecule has 1 unspecified atom stereocenters. The van der Waals surface area contributed by atoms with Crippen molar-refractivity contribution in [3.05, 3.63) is 17.7 Å². The summed E-state index contributed by atoms with van der Waals surface area (Å²) in [5, 5.41) is 9.11. The Bertz CT molecular complexity index is 524. The summed E-state index contributed by atoms with van der Waals surface area (Å²) < 4.78 is 11.0. The first-order chi connectivity index (χ1) is 10.6. The first kappa shape index (κ1) is 16.5. The molecule has 1 saturated heterocycles. The van der Waals surface area contributed by atoms with Crippen LogP contribution >= 0.6 is 0 Å². The molecule has 0 aromatic heterocycles. The molecule has 122 valence electrons. The molecule has 1 atom stereocenters. The molecule has 1 aliphatic rings. The van der Waals surface area contributed by atoms with E-state index in [1.807, 2.05) is 12.1 Å². The van der Waals surface area contributed by atoms with E-state index >= 15 is 0 Å². The minimum Gasteiger partial charge on any atom is -0.496 e. The maximum atomic E-state index is 11.1. The molecule has 1 fully saturated rings. The Balaban J connectivity index is 2.34. The minimum absolute atomic E-state index is 0.426. The van der Waals surface area contributed by atoms with E-state index in [1.54, 1.807) is 21.1 Å². The summed E-state index contributed by atoms with van der Waals surface area (Å²) in [6.45, 7) is 3.74. The van der Waals surface area contributed by atoms with Crippen LogP contribution in [0.5, 0.6) is 11.5 Å². The van der Waals surface area contributed by atoms with Crippen molar-refractivity contribution in [1.82, 2.24) is 0 Å². The first-order valence-corrected chi connectivity index (χ1v) is 7.79. The average molecular weight is 307 g/mol. The number of piperidine rings is 1. The summed E-state index contributed by atoms with van der Waals surface area (Å²) in [6, 6.07) is 3.90. The van der Waals surface area contributed by atoms with E-state index in [0.717, 1.165) is 35.8 Å². The van der Waals surface area contributed by atoms with Gasteiger partial charge in [-0.3, -0.25) is 4.79 Å². The highest BCUT2D eigenvalue weighted by Gasteiger charge is 2.21. The van der Waals surface area contributed by atoms with Gasteiger partial charge in [0.2, 0.25) is 0 Å². The highest BCUT2D eigenvalue weighted by molar-refractivity contribution is 5.71. The quantitative estimate of drug-likeness (QED) is 0.875. The van der Waals surface area contributed by atoms with Crippen LogP contribution in [0.3, 0.4) is 0 Å². The number of rotatable bonds is 6. The number of methoxy groups -OCH3 is 2. The zero-order valence-corrected chi connectivity index (χ0v) is 13.6. The normalized spacial score (nSPS) is 16.2. The van der Waals surface area contributed by atoms with Crippen LogP contribution in [0, 0.1) is 5.92 Å². The largest absolute Gasteiger partial charge is 0.496 e. The summed E-state index contributed by atoms with van der Waals surface area (Å²) in [7, 11) is 3.27. The molecule has 0 radical (unpaired) electrons. The minimum atomic E-state index is -0.805. The summed E-state index contributed by atoms with van der Waals surface area (Å²) in [5.74, 6) is 0.255. The summed E-state index contributed by atoms with van der Waals surface area (Å²) >= 11 is 0. The van der Waals surface area contributed by atoms with Crippen LogP contribution in [0.25, 0.3) is 0 Å². The van der Waals surface area contributed by atoms with Gasteiger partial charge in [0.25, 0.3) is 0 Å². The van der Waals surface area contributed by atoms with Crippen molar-refractivity contribution in [2.24, 2.45) is 5.92 Å². The van der Waals surface area contributed by atoms with Crippen LogP contribution in [0.1, 0.15) is 31.7 Å². The average Bonchev–Trinajstić information content (AvgIpc) is 2.55. The standard InChI is InChI=1S/C17H25NO4/c1-12(17(19)20)9-13-10-16(22-3)14(11-15(13)21-2)18-7-5-4-6-8-18/h10-12H,4-9H2,1-3H3,(H,19,20). The molecule has 22 heavy (non-hydrogen) atoms. The smallest absolute Gasteiger partial charge is 0.306 e. The van der Waals surface area contributed by atoms with Gasteiger partial charge in [-0.25, -0.2) is 0 Å². The number of carboxylic acid groups (broad SMARTS) is 1. The molecule has 1 N–H and O–H groups in total. The Kier molecular flexibility index (Phi) is 5.52. The number of nitrogens with zero attached hydrogens (tertiary/aromatic N) is 1. The van der Waals surface area contributed by atoms with Gasteiger partial charge >= 0.3 is 5.97 Å². The lowest BCUT2D eigenvalue weighted by Gasteiger charge is -2.30. The van der Waals surface area contributed by atoms with Crippen molar-refractivity contribution in [2.45, 2.75) is 32.6 Å². The Labute approximate surface area is 131 Å². The maximum absolute atomic E-state index is 11.1. The van der Waals surface area contributed by atoms with Crippen LogP contribution < -0.4 is 14.4 Å². The first-order valence-electron chi connectivity index (χ1n) is 7.79. The number of anilines is 1. The van der Waals surface area contributed by atoms with Gasteiger partial charge in [0.05, 0.1) is 25.8 Å². The lowest BCUT2D eigenvalue weighted by molar-refractivity contribution is -0.141. The van der Waals surface area contributed by atoms with E-state index in [9.17, 15) is 4.79 Å². The second-order valence-electron chi connectivity index (χ2n) is 5.83. The Morgan fingerprint density at radius 3 is 2.36 bits per heavy atom. The van der Waals surface area contributed by atoms with Gasteiger partial charge < -0.3 is 19.5 Å². The van der Waals surface area contributed by atoms with Crippen molar-refractivity contribution in [3.8, 4) is 11.5 Å². The molecule has 0 amide bonds. The third kappa shape index (κ3) is 3.64. The number of hydrogen-bond donors (Lipinski definition) is 1. The molecule has 2 rings (SSSR count). The predicted octanol–water partition coefficient (Wildman–Crippen LogP) is 2.96. The van der Waals surface area contributed by atoms with E-state index in [-0.39, 0.29) is 0 Å². The number of aliphatic carboxylic acids is 1. The van der Waals surface area contributed by atoms with Crippen LogP contribution in [-0.2, 0) is 11.2 Å². The fourth-order valence-corrected chi connectivity index (χ4v) is 2.90. The second kappa shape index (κ2) is 7.38. The van der Waals surface area contributed by atoms with E-state index in [2.05, 4.69) is 4.90 Å². The molecule has 0 spiro atoms. The number of benzene rings is 1. The molecule has 0 bridgehead atoms. The summed E-state index contributed by atoms with van der Waals surface area (Å²) in [6.07, 6.45) is 4.06. The predicted molar refractivity (Wildman–Crippen MR) is 86.1 cm³/mol. The highest BCUT2D eigenvalue weighted by Crippen LogP contribution is 2.37. The summed E-state index contributed by atoms with van der Waals surface area (Å²) in [4.78, 5) is 13.4. The fraction of sp³-hybridized carbons (Fsp3) is 0.588. The van der Waals surface area contributed by atoms with Crippen LogP contribution in [0.2, 0.25) is 0 Å². The van der Waals surface area contributed by atoms with Gasteiger partial charge in [0, 0.05) is 19.2 Å². The molecule has 0 saturated carbocycles. The molecule has 1 heterocycles. The molecule has 1 aliphatic heterocycles. The van der Waals surface area contributed by atoms with Gasteiger partial charge in [0.1, 0.15) is 11.5 Å². The number of carboxylic acids is 1. The monoisotopic (exact) mass is 307 g/mol. The molecular weight excluding hydrogens is 282 g/mol. The van der Waals surface area contributed by atoms with Gasteiger partial charge in [-0.15, -0.1) is 0 Å². The Hall–Kier alpha value is -1.91. The van der Waals surface area contributed by atoms with Crippen LogP contribution in [0.15, 0.2) is 12.1 Å². The van der Waals surface area contributed by atoms with Gasteiger partial charge in [-0.1, -0.05) is 6.92 Å². The molecular formula is C17H25NO4. The van der Waals surface area contributed by atoms with E-state index < -0.39 is 11.9 Å². The lowest BCUT2D eigenvalue weighted by Crippen LogP contribution is -2.29. The Morgan fingerprint density at radius 1 is 1.18 bits per heavy atom. The fourth-order valence-electron chi connectivity index (χ4n) is 2.90. The number of ether oxygens (including phenoxy) is 2. The molecule has 1 aromatic rings. The van der Waals surface area contributed by atoms with Crippen molar-refractivity contribution < 1.29 is 19.4 Å². The van der Waals surface area contributed by atoms with Crippen molar-refractivity contribution in [1.29, 1.82) is 0 Å². The molecule has 1 aromatic carbocycles. The van der Waals surface area contributed by atoms with E-state index in [4.69, 9.17) is 14.6 Å². The van der Waals surface area contributed by atoms with Gasteiger partial charge in [0.15, 0.2) is 0 Å². The molecule has 0 aliphatic carbocycles. The highest BCUT2D eigenvalue weighted by atomic mass is 16.5. The van der Waals surface area contributed by atoms with Crippen LogP contribution in [-0.4, -0.2) is 38.4 Å². The topological polar surface area (TPSA) is 59.0 Å². The SMILES string of the molecule is COc1cc(N2CCCCC2)c(OC)cc1CC(C)C(=O)O. The lowest BCUT2D eigenvalue weighted by atomic mass is 9.99. The third-order valence-corrected chi connectivity index (χ3v) is 4.23. The van der Waals surface area contributed by atoms with Crippen LogP contribution in [0.4, 0.5) is 5.69 Å². The zero-order chi connectivity index (χ0) is 16.1. The molecule has 5 heteroatoms. The molecule has 5 nitrogen and oxygen atoms in total. The van der Waals surface area contributed by atoms with E-state index in [0.29, 0.717) is 6.42 Å². The number of carbonyl (C=O) groups is 1. The van der Waals surface area contributed by atoms with Gasteiger partial charge in [-0.2, -0.15) is 0 Å². The zero-order valence-electron chi connectivity index (χ0n) is 13.6. The Morgan fingerprint density at radius 2 is 1.82 bits per heavy atom. The third-order valence-electron chi connectivity index (χ3n) is 4.23. The van der Waals surface area contributed by atoms with E-state index in [1.165, 1.54) is 19.3 Å². The van der Waals surface area contributed by atoms with Crippen molar-refractivity contribution >= 4 is 11.7 Å². The number of hydrogen-bond acceptors (Lipinski definition) is 4.